The van der Waals surface area contributed by atoms with Gasteiger partial charge in [-0.15, -0.1) is 0 Å². The van der Waals surface area contributed by atoms with E-state index in [4.69, 9.17) is 21.4 Å². The molecule has 0 aromatic heterocycles. The third kappa shape index (κ3) is 5.91. The Morgan fingerprint density at radius 1 is 1.36 bits per heavy atom. The zero-order chi connectivity index (χ0) is 16.7. The van der Waals surface area contributed by atoms with Gasteiger partial charge in [0.2, 0.25) is 5.91 Å². The first-order valence-electron chi connectivity index (χ1n) is 6.93. The van der Waals surface area contributed by atoms with Crippen molar-refractivity contribution in [1.29, 1.82) is 0 Å². The molecule has 0 spiro atoms. The van der Waals surface area contributed by atoms with Crippen molar-refractivity contribution in [2.24, 2.45) is 5.92 Å². The number of carboxylic acids is 1. The highest BCUT2D eigenvalue weighted by atomic mass is 35.5. The number of carbonyl (C=O) groups excluding carboxylic acids is 1. The third-order valence-corrected chi connectivity index (χ3v) is 3.19. The molecule has 6 nitrogen and oxygen atoms in total. The van der Waals surface area contributed by atoms with Crippen LogP contribution >= 0.6 is 11.6 Å². The SMILES string of the molecule is COc1ccc(NC(=O)CC(NCC(C)C)C(=O)O)cc1Cl. The van der Waals surface area contributed by atoms with Crippen LogP contribution in [0.5, 0.6) is 5.75 Å². The number of hydrogen-bond acceptors (Lipinski definition) is 4. The molecule has 0 bridgehead atoms. The first-order valence-corrected chi connectivity index (χ1v) is 7.30. The van der Waals surface area contributed by atoms with Gasteiger partial charge in [-0.05, 0) is 30.7 Å². The highest BCUT2D eigenvalue weighted by molar-refractivity contribution is 6.32. The lowest BCUT2D eigenvalue weighted by molar-refractivity contribution is -0.141. The molecule has 1 rings (SSSR count). The van der Waals surface area contributed by atoms with Crippen molar-refractivity contribution in [3.05, 3.63) is 23.2 Å². The van der Waals surface area contributed by atoms with Gasteiger partial charge < -0.3 is 20.5 Å². The monoisotopic (exact) mass is 328 g/mol. The Morgan fingerprint density at radius 2 is 2.05 bits per heavy atom. The van der Waals surface area contributed by atoms with Crippen molar-refractivity contribution in [2.75, 3.05) is 19.0 Å². The summed E-state index contributed by atoms with van der Waals surface area (Å²) in [5, 5.41) is 15.0. The Morgan fingerprint density at radius 3 is 2.55 bits per heavy atom. The van der Waals surface area contributed by atoms with E-state index in [2.05, 4.69) is 10.6 Å². The molecule has 0 fully saturated rings. The first kappa shape index (κ1) is 18.3. The Bertz CT molecular complexity index is 534. The lowest BCUT2D eigenvalue weighted by atomic mass is 10.1. The number of carboxylic acid groups (broad SMARTS) is 1. The maximum atomic E-state index is 11.9. The molecule has 0 radical (unpaired) electrons. The summed E-state index contributed by atoms with van der Waals surface area (Å²) < 4.78 is 5.02. The van der Waals surface area contributed by atoms with Gasteiger partial charge in [-0.1, -0.05) is 25.4 Å². The molecule has 1 unspecified atom stereocenters. The zero-order valence-electron chi connectivity index (χ0n) is 12.9. The summed E-state index contributed by atoms with van der Waals surface area (Å²) in [7, 11) is 1.50. The molecule has 0 saturated heterocycles. The number of rotatable bonds is 8. The average molecular weight is 329 g/mol. The molecule has 1 amide bonds. The summed E-state index contributed by atoms with van der Waals surface area (Å²) in [6.07, 6.45) is -0.161. The Balaban J connectivity index is 2.63. The van der Waals surface area contributed by atoms with Crippen LogP contribution in [0.25, 0.3) is 0 Å². The minimum Gasteiger partial charge on any atom is -0.495 e. The average Bonchev–Trinajstić information content (AvgIpc) is 2.43. The van der Waals surface area contributed by atoms with Gasteiger partial charge >= 0.3 is 5.97 Å². The van der Waals surface area contributed by atoms with Crippen LogP contribution in [-0.4, -0.2) is 36.7 Å². The van der Waals surface area contributed by atoms with E-state index >= 15 is 0 Å². The van der Waals surface area contributed by atoms with Crippen LogP contribution in [0.2, 0.25) is 5.02 Å². The van der Waals surface area contributed by atoms with Crippen molar-refractivity contribution in [3.63, 3.8) is 0 Å². The lowest BCUT2D eigenvalue weighted by Crippen LogP contribution is -2.41. The number of benzene rings is 1. The van der Waals surface area contributed by atoms with Crippen LogP contribution in [-0.2, 0) is 9.59 Å². The second-order valence-electron chi connectivity index (χ2n) is 5.29. The quantitative estimate of drug-likeness (QED) is 0.682. The minimum absolute atomic E-state index is 0.161. The smallest absolute Gasteiger partial charge is 0.321 e. The molecule has 0 heterocycles. The molecule has 3 N–H and O–H groups in total. The summed E-state index contributed by atoms with van der Waals surface area (Å²) in [5.41, 5.74) is 0.490. The van der Waals surface area contributed by atoms with E-state index in [0.29, 0.717) is 28.9 Å². The Hall–Kier alpha value is -1.79. The van der Waals surface area contributed by atoms with Gasteiger partial charge in [0.15, 0.2) is 0 Å². The van der Waals surface area contributed by atoms with E-state index in [1.807, 2.05) is 13.8 Å². The van der Waals surface area contributed by atoms with Gasteiger partial charge in [0.05, 0.1) is 18.6 Å². The van der Waals surface area contributed by atoms with Gasteiger partial charge in [0.25, 0.3) is 0 Å². The standard InChI is InChI=1S/C15H21ClN2O4/c1-9(2)8-17-12(15(20)21)7-14(19)18-10-4-5-13(22-3)11(16)6-10/h4-6,9,12,17H,7-8H2,1-3H3,(H,18,19)(H,20,21). The van der Waals surface area contributed by atoms with Crippen LogP contribution in [0.15, 0.2) is 18.2 Å². The number of amides is 1. The highest BCUT2D eigenvalue weighted by Crippen LogP contribution is 2.27. The van der Waals surface area contributed by atoms with E-state index < -0.39 is 17.9 Å². The summed E-state index contributed by atoms with van der Waals surface area (Å²) in [6.45, 7) is 4.45. The van der Waals surface area contributed by atoms with Crippen molar-refractivity contribution in [2.45, 2.75) is 26.3 Å². The van der Waals surface area contributed by atoms with E-state index in [1.54, 1.807) is 18.2 Å². The molecule has 122 valence electrons. The van der Waals surface area contributed by atoms with Crippen molar-refractivity contribution in [1.82, 2.24) is 5.32 Å². The third-order valence-electron chi connectivity index (χ3n) is 2.90. The fourth-order valence-electron chi connectivity index (χ4n) is 1.77. The van der Waals surface area contributed by atoms with Gasteiger partial charge in [0.1, 0.15) is 11.8 Å². The summed E-state index contributed by atoms with van der Waals surface area (Å²) in [5.74, 6) is -0.652. The highest BCUT2D eigenvalue weighted by Gasteiger charge is 2.21. The normalized spacial score (nSPS) is 12.0. The largest absolute Gasteiger partial charge is 0.495 e. The number of ether oxygens (including phenoxy) is 1. The number of methoxy groups -OCH3 is 1. The summed E-state index contributed by atoms with van der Waals surface area (Å²) >= 11 is 5.97. The van der Waals surface area contributed by atoms with Crippen molar-refractivity contribution < 1.29 is 19.4 Å². The molecule has 0 aliphatic rings. The number of halogens is 1. The fourth-order valence-corrected chi connectivity index (χ4v) is 2.02. The van der Waals surface area contributed by atoms with Crippen LogP contribution in [0.4, 0.5) is 5.69 Å². The van der Waals surface area contributed by atoms with E-state index in [0.717, 1.165) is 0 Å². The lowest BCUT2D eigenvalue weighted by Gasteiger charge is -2.16. The van der Waals surface area contributed by atoms with Crippen molar-refractivity contribution in [3.8, 4) is 5.75 Å². The predicted molar refractivity (Wildman–Crippen MR) is 85.5 cm³/mol. The van der Waals surface area contributed by atoms with Crippen LogP contribution < -0.4 is 15.4 Å². The van der Waals surface area contributed by atoms with Gasteiger partial charge in [0, 0.05) is 5.69 Å². The molecule has 22 heavy (non-hydrogen) atoms. The second kappa shape index (κ2) is 8.60. The molecule has 1 atom stereocenters. The molecule has 0 aliphatic heterocycles. The van der Waals surface area contributed by atoms with E-state index in [1.165, 1.54) is 7.11 Å². The fraction of sp³-hybridized carbons (Fsp3) is 0.467. The molecule has 0 aliphatic carbocycles. The van der Waals surface area contributed by atoms with Crippen LogP contribution in [0.3, 0.4) is 0 Å². The van der Waals surface area contributed by atoms with E-state index in [-0.39, 0.29) is 6.42 Å². The molecule has 7 heteroatoms. The molecule has 0 saturated carbocycles. The Kier molecular flexibility index (Phi) is 7.14. The number of aliphatic carboxylic acids is 1. The molecular formula is C15H21ClN2O4. The molecule has 1 aromatic carbocycles. The van der Waals surface area contributed by atoms with E-state index in [9.17, 15) is 9.59 Å². The second-order valence-corrected chi connectivity index (χ2v) is 5.70. The summed E-state index contributed by atoms with van der Waals surface area (Å²) in [4.78, 5) is 23.1. The van der Waals surface area contributed by atoms with Gasteiger partial charge in [-0.25, -0.2) is 0 Å². The van der Waals surface area contributed by atoms with Crippen LogP contribution in [0.1, 0.15) is 20.3 Å². The maximum absolute atomic E-state index is 11.9. The first-order chi connectivity index (χ1) is 10.3. The Labute approximate surface area is 134 Å². The van der Waals surface area contributed by atoms with Gasteiger partial charge in [-0.3, -0.25) is 9.59 Å². The topological polar surface area (TPSA) is 87.7 Å². The maximum Gasteiger partial charge on any atom is 0.321 e. The number of hydrogen-bond donors (Lipinski definition) is 3. The minimum atomic E-state index is -1.05. The van der Waals surface area contributed by atoms with Crippen LogP contribution in [0, 0.1) is 5.92 Å². The number of carbonyl (C=O) groups is 2. The van der Waals surface area contributed by atoms with Crippen molar-refractivity contribution >= 4 is 29.2 Å². The zero-order valence-corrected chi connectivity index (χ0v) is 13.6. The predicted octanol–water partition coefficient (Wildman–Crippen LogP) is 2.38. The van der Waals surface area contributed by atoms with Gasteiger partial charge in [-0.2, -0.15) is 0 Å². The molecule has 1 aromatic rings. The summed E-state index contributed by atoms with van der Waals surface area (Å²) in [6, 6.07) is 3.90. The number of nitrogens with one attached hydrogen (secondary N) is 2. The molecular weight excluding hydrogens is 308 g/mol. The number of anilines is 1.